The third-order valence-electron chi connectivity index (χ3n) is 2.98. The fraction of sp³-hybridized carbons (Fsp3) is 1.00. The van der Waals surface area contributed by atoms with Crippen molar-refractivity contribution in [2.45, 2.75) is 45.1 Å². The fourth-order valence-electron chi connectivity index (χ4n) is 2.04. The molecule has 1 fully saturated rings. The van der Waals surface area contributed by atoms with Crippen LogP contribution in [0, 0.1) is 5.92 Å². The van der Waals surface area contributed by atoms with E-state index in [0.717, 1.165) is 5.92 Å². The van der Waals surface area contributed by atoms with Gasteiger partial charge in [0, 0.05) is 7.11 Å². The molecular formula is C11H23NO. The Kier molecular flexibility index (Phi) is 4.20. The van der Waals surface area contributed by atoms with Gasteiger partial charge in [-0.2, -0.15) is 0 Å². The van der Waals surface area contributed by atoms with Crippen LogP contribution in [0.5, 0.6) is 0 Å². The summed E-state index contributed by atoms with van der Waals surface area (Å²) in [4.78, 5) is 0. The summed E-state index contributed by atoms with van der Waals surface area (Å²) in [7, 11) is 1.81. The number of hydrogen-bond donors (Lipinski definition) is 1. The second kappa shape index (κ2) is 4.97. The Morgan fingerprint density at radius 3 is 2.85 bits per heavy atom. The Hall–Kier alpha value is -0.0800. The molecule has 0 aromatic carbocycles. The molecule has 1 saturated heterocycles. The summed E-state index contributed by atoms with van der Waals surface area (Å²) in [5.41, 5.74) is 0.0523. The van der Waals surface area contributed by atoms with Crippen LogP contribution in [-0.2, 0) is 4.74 Å². The van der Waals surface area contributed by atoms with Crippen LogP contribution in [0.25, 0.3) is 0 Å². The van der Waals surface area contributed by atoms with Gasteiger partial charge < -0.3 is 10.1 Å². The second-order valence-electron chi connectivity index (χ2n) is 4.73. The van der Waals surface area contributed by atoms with E-state index in [-0.39, 0.29) is 5.60 Å². The van der Waals surface area contributed by atoms with E-state index in [2.05, 4.69) is 19.2 Å². The first-order valence-corrected chi connectivity index (χ1v) is 5.40. The highest BCUT2D eigenvalue weighted by molar-refractivity contribution is 4.76. The molecule has 1 aliphatic heterocycles. The molecule has 0 amide bonds. The molecule has 78 valence electrons. The first kappa shape index (κ1) is 11.0. The first-order chi connectivity index (χ1) is 6.14. The van der Waals surface area contributed by atoms with E-state index in [0.29, 0.717) is 0 Å². The third-order valence-corrected chi connectivity index (χ3v) is 2.98. The second-order valence-corrected chi connectivity index (χ2v) is 4.73. The van der Waals surface area contributed by atoms with Crippen LogP contribution in [-0.4, -0.2) is 25.8 Å². The predicted molar refractivity (Wildman–Crippen MR) is 55.9 cm³/mol. The largest absolute Gasteiger partial charge is 0.379 e. The standard InChI is InChI=1S/C11H23NO/c1-11(2,13-3)8-10-6-4-5-7-12-9-10/h10,12H,4-9H2,1-3H3. The van der Waals surface area contributed by atoms with Gasteiger partial charge in [0.2, 0.25) is 0 Å². The van der Waals surface area contributed by atoms with Crippen molar-refractivity contribution in [2.75, 3.05) is 20.2 Å². The minimum absolute atomic E-state index is 0.0523. The minimum atomic E-state index is 0.0523. The van der Waals surface area contributed by atoms with Gasteiger partial charge >= 0.3 is 0 Å². The Labute approximate surface area is 82.0 Å². The average molecular weight is 185 g/mol. The van der Waals surface area contributed by atoms with Crippen LogP contribution in [0.2, 0.25) is 0 Å². The first-order valence-electron chi connectivity index (χ1n) is 5.40. The SMILES string of the molecule is COC(C)(C)CC1CCCCNC1. The van der Waals surface area contributed by atoms with Crippen molar-refractivity contribution in [3.63, 3.8) is 0 Å². The zero-order valence-corrected chi connectivity index (χ0v) is 9.23. The summed E-state index contributed by atoms with van der Waals surface area (Å²) in [6, 6.07) is 0. The molecule has 13 heavy (non-hydrogen) atoms. The average Bonchev–Trinajstić information content (AvgIpc) is 2.32. The van der Waals surface area contributed by atoms with Crippen LogP contribution in [0.1, 0.15) is 39.5 Å². The van der Waals surface area contributed by atoms with Gasteiger partial charge in [-0.15, -0.1) is 0 Å². The van der Waals surface area contributed by atoms with E-state index in [1.54, 1.807) is 0 Å². The van der Waals surface area contributed by atoms with Gasteiger partial charge in [-0.3, -0.25) is 0 Å². The van der Waals surface area contributed by atoms with Crippen LogP contribution in [0.3, 0.4) is 0 Å². The molecule has 2 heteroatoms. The van der Waals surface area contributed by atoms with Crippen LogP contribution < -0.4 is 5.32 Å². The van der Waals surface area contributed by atoms with Crippen molar-refractivity contribution in [1.29, 1.82) is 0 Å². The van der Waals surface area contributed by atoms with Gasteiger partial charge in [-0.1, -0.05) is 6.42 Å². The van der Waals surface area contributed by atoms with Crippen molar-refractivity contribution < 1.29 is 4.74 Å². The smallest absolute Gasteiger partial charge is 0.0625 e. The van der Waals surface area contributed by atoms with Gasteiger partial charge in [-0.05, 0) is 52.1 Å². The highest BCUT2D eigenvalue weighted by Gasteiger charge is 2.23. The Morgan fingerprint density at radius 1 is 1.38 bits per heavy atom. The fourth-order valence-corrected chi connectivity index (χ4v) is 2.04. The lowest BCUT2D eigenvalue weighted by Gasteiger charge is -2.27. The Morgan fingerprint density at radius 2 is 2.15 bits per heavy atom. The summed E-state index contributed by atoms with van der Waals surface area (Å²) < 4.78 is 5.45. The number of hydrogen-bond acceptors (Lipinski definition) is 2. The lowest BCUT2D eigenvalue weighted by Crippen LogP contribution is -2.30. The highest BCUT2D eigenvalue weighted by Crippen LogP contribution is 2.24. The molecular weight excluding hydrogens is 162 g/mol. The number of rotatable bonds is 3. The third kappa shape index (κ3) is 4.10. The Bertz CT molecular complexity index is 137. The number of ether oxygens (including phenoxy) is 1. The van der Waals surface area contributed by atoms with Crippen molar-refractivity contribution in [3.05, 3.63) is 0 Å². The zero-order valence-electron chi connectivity index (χ0n) is 9.23. The van der Waals surface area contributed by atoms with Crippen molar-refractivity contribution in [3.8, 4) is 0 Å². The zero-order chi connectivity index (χ0) is 9.73. The monoisotopic (exact) mass is 185 g/mol. The maximum Gasteiger partial charge on any atom is 0.0625 e. The van der Waals surface area contributed by atoms with Gasteiger partial charge in [0.15, 0.2) is 0 Å². The molecule has 0 spiro atoms. The van der Waals surface area contributed by atoms with Crippen molar-refractivity contribution >= 4 is 0 Å². The molecule has 1 unspecified atom stereocenters. The molecule has 0 aliphatic carbocycles. The highest BCUT2D eigenvalue weighted by atomic mass is 16.5. The van der Waals surface area contributed by atoms with Crippen LogP contribution >= 0.6 is 0 Å². The van der Waals surface area contributed by atoms with Crippen LogP contribution in [0.4, 0.5) is 0 Å². The van der Waals surface area contributed by atoms with Gasteiger partial charge in [-0.25, -0.2) is 0 Å². The molecule has 1 N–H and O–H groups in total. The summed E-state index contributed by atoms with van der Waals surface area (Å²) in [6.45, 7) is 6.73. The summed E-state index contributed by atoms with van der Waals surface area (Å²) >= 11 is 0. The molecule has 0 aromatic rings. The minimum Gasteiger partial charge on any atom is -0.379 e. The summed E-state index contributed by atoms with van der Waals surface area (Å²) in [6.07, 6.45) is 5.25. The number of nitrogens with one attached hydrogen (secondary N) is 1. The number of methoxy groups -OCH3 is 1. The van der Waals surface area contributed by atoms with Gasteiger partial charge in [0.1, 0.15) is 0 Å². The molecule has 1 aliphatic rings. The lowest BCUT2D eigenvalue weighted by atomic mass is 9.90. The van der Waals surface area contributed by atoms with E-state index in [9.17, 15) is 0 Å². The lowest BCUT2D eigenvalue weighted by molar-refractivity contribution is 0.00156. The summed E-state index contributed by atoms with van der Waals surface area (Å²) in [5, 5.41) is 3.49. The topological polar surface area (TPSA) is 21.3 Å². The van der Waals surface area contributed by atoms with Gasteiger partial charge in [0.25, 0.3) is 0 Å². The molecule has 0 bridgehead atoms. The van der Waals surface area contributed by atoms with E-state index >= 15 is 0 Å². The van der Waals surface area contributed by atoms with Crippen molar-refractivity contribution in [1.82, 2.24) is 5.32 Å². The van der Waals surface area contributed by atoms with E-state index in [4.69, 9.17) is 4.74 Å². The quantitative estimate of drug-likeness (QED) is 0.727. The molecule has 1 heterocycles. The normalized spacial score (nSPS) is 25.6. The Balaban J connectivity index is 2.33. The molecule has 1 atom stereocenters. The molecule has 0 radical (unpaired) electrons. The molecule has 1 rings (SSSR count). The van der Waals surface area contributed by atoms with E-state index in [1.165, 1.54) is 38.8 Å². The van der Waals surface area contributed by atoms with E-state index < -0.39 is 0 Å². The van der Waals surface area contributed by atoms with E-state index in [1.807, 2.05) is 7.11 Å². The maximum atomic E-state index is 5.45. The van der Waals surface area contributed by atoms with Crippen molar-refractivity contribution in [2.24, 2.45) is 5.92 Å². The maximum absolute atomic E-state index is 5.45. The molecule has 2 nitrogen and oxygen atoms in total. The molecule has 0 saturated carbocycles. The summed E-state index contributed by atoms with van der Waals surface area (Å²) in [5.74, 6) is 0.803. The van der Waals surface area contributed by atoms with Crippen LogP contribution in [0.15, 0.2) is 0 Å². The van der Waals surface area contributed by atoms with Gasteiger partial charge in [0.05, 0.1) is 5.60 Å². The molecule has 0 aromatic heterocycles. The predicted octanol–water partition coefficient (Wildman–Crippen LogP) is 2.19.